The molecule has 2 aliphatic rings. The summed E-state index contributed by atoms with van der Waals surface area (Å²) in [4.78, 5) is 0. The molecule has 4 aromatic rings. The minimum absolute atomic E-state index is 0.108. The van der Waals surface area contributed by atoms with E-state index in [0.29, 0.717) is 0 Å². The third kappa shape index (κ3) is 2.31. The lowest BCUT2D eigenvalue weighted by Crippen LogP contribution is -2.26. The lowest BCUT2D eigenvalue weighted by atomic mass is 9.69. The maximum absolute atomic E-state index is 2.50. The molecule has 6 rings (SSSR count). The Labute approximate surface area is 185 Å². The predicted molar refractivity (Wildman–Crippen MR) is 131 cm³/mol. The fourth-order valence-electron chi connectivity index (χ4n) is 5.87. The van der Waals surface area contributed by atoms with E-state index in [9.17, 15) is 0 Å². The Balaban J connectivity index is 1.81. The van der Waals surface area contributed by atoms with Crippen LogP contribution in [0.2, 0.25) is 0 Å². The predicted octanol–water partition coefficient (Wildman–Crippen LogP) is 7.89. The minimum atomic E-state index is -0.232. The fraction of sp³-hybridized carbons (Fsp3) is 0.226. The van der Waals surface area contributed by atoms with Crippen molar-refractivity contribution in [2.24, 2.45) is 0 Å². The van der Waals surface area contributed by atoms with Gasteiger partial charge in [0.2, 0.25) is 0 Å². The topological polar surface area (TPSA) is 0 Å². The summed E-state index contributed by atoms with van der Waals surface area (Å²) in [7, 11) is 0. The molecule has 0 amide bonds. The Hall–Kier alpha value is -3.12. The highest BCUT2D eigenvalue weighted by Crippen LogP contribution is 2.63. The van der Waals surface area contributed by atoms with Crippen LogP contribution in [0.1, 0.15) is 61.1 Å². The molecule has 2 aliphatic carbocycles. The van der Waals surface area contributed by atoms with E-state index < -0.39 is 0 Å². The normalized spacial score (nSPS) is 17.9. The van der Waals surface area contributed by atoms with E-state index in [1.165, 1.54) is 55.6 Å². The molecule has 0 nitrogen and oxygen atoms in total. The molecule has 152 valence electrons. The van der Waals surface area contributed by atoms with Crippen LogP contribution in [-0.2, 0) is 17.3 Å². The number of rotatable bonds is 1. The van der Waals surface area contributed by atoms with Gasteiger partial charge in [-0.1, -0.05) is 113 Å². The maximum atomic E-state index is 2.50. The van der Waals surface area contributed by atoms with Crippen LogP contribution in [0.25, 0.3) is 22.3 Å². The smallest absolute Gasteiger partial charge is 0.0619 e. The van der Waals surface area contributed by atoms with Gasteiger partial charge in [0.1, 0.15) is 0 Å². The Morgan fingerprint density at radius 3 is 1.68 bits per heavy atom. The summed E-state index contributed by atoms with van der Waals surface area (Å²) in [6.07, 6.45) is 1.05. The highest BCUT2D eigenvalue weighted by Gasteiger charge is 2.51. The number of benzene rings is 4. The van der Waals surface area contributed by atoms with E-state index in [0.717, 1.165) is 6.42 Å². The van der Waals surface area contributed by atoms with Crippen molar-refractivity contribution in [2.75, 3.05) is 0 Å². The molecule has 0 radical (unpaired) electrons. The molecule has 4 aromatic carbocycles. The van der Waals surface area contributed by atoms with Crippen LogP contribution in [0, 0.1) is 0 Å². The van der Waals surface area contributed by atoms with Gasteiger partial charge in [-0.05, 0) is 67.5 Å². The number of hydrogen-bond donors (Lipinski definition) is 0. The zero-order valence-corrected chi connectivity index (χ0v) is 18.8. The van der Waals surface area contributed by atoms with Gasteiger partial charge >= 0.3 is 0 Å². The van der Waals surface area contributed by atoms with Crippen LogP contribution < -0.4 is 0 Å². The second-order valence-corrected chi connectivity index (χ2v) is 10.1. The average molecular weight is 401 g/mol. The van der Waals surface area contributed by atoms with Crippen molar-refractivity contribution in [3.05, 3.63) is 118 Å². The lowest BCUT2D eigenvalue weighted by molar-refractivity contribution is 0.588. The van der Waals surface area contributed by atoms with Crippen LogP contribution >= 0.6 is 0 Å². The first kappa shape index (κ1) is 18.6. The van der Waals surface area contributed by atoms with Gasteiger partial charge in [-0.15, -0.1) is 0 Å². The molecule has 0 aromatic heterocycles. The van der Waals surface area contributed by atoms with Crippen molar-refractivity contribution < 1.29 is 0 Å². The minimum Gasteiger partial charge on any atom is -0.0619 e. The van der Waals surface area contributed by atoms with Crippen LogP contribution in [0.15, 0.2) is 84.9 Å². The van der Waals surface area contributed by atoms with Crippen LogP contribution in [0.5, 0.6) is 0 Å². The largest absolute Gasteiger partial charge is 0.0725 e. The van der Waals surface area contributed by atoms with Crippen molar-refractivity contribution in [2.45, 2.75) is 44.9 Å². The van der Waals surface area contributed by atoms with E-state index in [1.807, 2.05) is 0 Å². The molecule has 0 saturated carbocycles. The third-order valence-corrected chi connectivity index (χ3v) is 7.43. The summed E-state index contributed by atoms with van der Waals surface area (Å²) in [5, 5.41) is 0. The van der Waals surface area contributed by atoms with Gasteiger partial charge in [0.05, 0.1) is 5.41 Å². The molecule has 0 fully saturated rings. The lowest BCUT2D eigenvalue weighted by Gasteiger charge is -2.32. The molecule has 0 aliphatic heterocycles. The summed E-state index contributed by atoms with van der Waals surface area (Å²) >= 11 is 0. The first-order chi connectivity index (χ1) is 15.0. The Morgan fingerprint density at radius 2 is 1.10 bits per heavy atom. The van der Waals surface area contributed by atoms with Crippen molar-refractivity contribution >= 4 is 0 Å². The quantitative estimate of drug-likeness (QED) is 0.263. The Kier molecular flexibility index (Phi) is 3.73. The summed E-state index contributed by atoms with van der Waals surface area (Å²) < 4.78 is 0. The van der Waals surface area contributed by atoms with Crippen molar-refractivity contribution in [1.82, 2.24) is 0 Å². The maximum Gasteiger partial charge on any atom is 0.0725 e. The second-order valence-electron chi connectivity index (χ2n) is 10.1. The summed E-state index contributed by atoms with van der Waals surface area (Å²) in [6.45, 7) is 9.20. The molecule has 0 bridgehead atoms. The third-order valence-electron chi connectivity index (χ3n) is 7.43. The van der Waals surface area contributed by atoms with Crippen molar-refractivity contribution in [1.29, 1.82) is 0 Å². The first-order valence-electron chi connectivity index (χ1n) is 11.4. The zero-order valence-electron chi connectivity index (χ0n) is 18.8. The van der Waals surface area contributed by atoms with Gasteiger partial charge in [0.25, 0.3) is 0 Å². The molecule has 1 unspecified atom stereocenters. The summed E-state index contributed by atoms with van der Waals surface area (Å²) in [5.74, 6) is 0. The van der Waals surface area contributed by atoms with Crippen LogP contribution in [0.4, 0.5) is 0 Å². The monoisotopic (exact) mass is 400 g/mol. The molecular formula is C31H28. The SMILES string of the molecule is CCc1ccc2c(c1)C1(c3ccccc3-2)c2ccccc2-c2ccc(C(C)(C)C)cc21. The molecule has 1 spiro atoms. The van der Waals surface area contributed by atoms with Crippen molar-refractivity contribution in [3.8, 4) is 22.3 Å². The summed E-state index contributed by atoms with van der Waals surface area (Å²) in [6, 6.07) is 32.5. The fourth-order valence-corrected chi connectivity index (χ4v) is 5.87. The van der Waals surface area contributed by atoms with E-state index in [4.69, 9.17) is 0 Å². The molecule has 0 heteroatoms. The van der Waals surface area contributed by atoms with Gasteiger partial charge < -0.3 is 0 Å². The van der Waals surface area contributed by atoms with Gasteiger partial charge in [-0.25, -0.2) is 0 Å². The van der Waals surface area contributed by atoms with E-state index in [-0.39, 0.29) is 10.8 Å². The van der Waals surface area contributed by atoms with Gasteiger partial charge in [-0.2, -0.15) is 0 Å². The van der Waals surface area contributed by atoms with E-state index in [2.05, 4.69) is 113 Å². The standard InChI is InChI=1S/C31H28/c1-5-20-14-16-24-22-10-6-8-12-26(22)31(28(24)18-20)27-13-9-7-11-23(27)25-17-15-21(19-29(25)31)30(2,3)4/h6-19H,5H2,1-4H3. The average Bonchev–Trinajstić information content (AvgIpc) is 3.25. The van der Waals surface area contributed by atoms with Crippen LogP contribution in [0.3, 0.4) is 0 Å². The number of aryl methyl sites for hydroxylation is 1. The first-order valence-corrected chi connectivity index (χ1v) is 11.4. The zero-order chi connectivity index (χ0) is 21.4. The highest BCUT2D eigenvalue weighted by atomic mass is 14.5. The second kappa shape index (κ2) is 6.20. The molecule has 0 N–H and O–H groups in total. The number of hydrogen-bond acceptors (Lipinski definition) is 0. The molecule has 0 heterocycles. The Morgan fingerprint density at radius 1 is 0.581 bits per heavy atom. The highest BCUT2D eigenvalue weighted by molar-refractivity contribution is 5.95. The Bertz CT molecular complexity index is 1340. The van der Waals surface area contributed by atoms with Gasteiger partial charge in [0.15, 0.2) is 0 Å². The van der Waals surface area contributed by atoms with Crippen LogP contribution in [-0.4, -0.2) is 0 Å². The number of fused-ring (bicyclic) bond motifs is 10. The van der Waals surface area contributed by atoms with E-state index >= 15 is 0 Å². The molecule has 0 saturated heterocycles. The molecule has 1 atom stereocenters. The van der Waals surface area contributed by atoms with Gasteiger partial charge in [0, 0.05) is 0 Å². The summed E-state index contributed by atoms with van der Waals surface area (Å²) in [5.41, 5.74) is 14.0. The molecule has 31 heavy (non-hydrogen) atoms. The van der Waals surface area contributed by atoms with Crippen molar-refractivity contribution in [3.63, 3.8) is 0 Å². The van der Waals surface area contributed by atoms with Gasteiger partial charge in [-0.3, -0.25) is 0 Å². The molecular weight excluding hydrogens is 372 g/mol. The van der Waals surface area contributed by atoms with E-state index in [1.54, 1.807) is 0 Å².